The maximum atomic E-state index is 11.7. The second kappa shape index (κ2) is 4.26. The van der Waals surface area contributed by atoms with E-state index in [4.69, 9.17) is 12.2 Å². The molecule has 0 aromatic rings. The molecule has 0 atom stereocenters. The van der Waals surface area contributed by atoms with Crippen molar-refractivity contribution in [3.05, 3.63) is 0 Å². The quantitative estimate of drug-likeness (QED) is 0.667. The van der Waals surface area contributed by atoms with Crippen molar-refractivity contribution in [2.24, 2.45) is 0 Å². The van der Waals surface area contributed by atoms with Crippen LogP contribution in [0.3, 0.4) is 0 Å². The van der Waals surface area contributed by atoms with Gasteiger partial charge in [-0.1, -0.05) is 19.3 Å². The molecule has 0 bridgehead atoms. The van der Waals surface area contributed by atoms with Crippen LogP contribution in [0.4, 0.5) is 0 Å². The molecule has 1 saturated carbocycles. The zero-order valence-electron chi connectivity index (χ0n) is 8.29. The Morgan fingerprint density at radius 2 is 2.00 bits per heavy atom. The number of rotatable bonds is 1. The van der Waals surface area contributed by atoms with Crippen LogP contribution in [0, 0.1) is 0 Å². The molecule has 0 radical (unpaired) electrons. The van der Waals surface area contributed by atoms with Crippen LogP contribution in [-0.4, -0.2) is 28.5 Å². The van der Waals surface area contributed by atoms with Gasteiger partial charge in [-0.25, -0.2) is 0 Å². The van der Waals surface area contributed by atoms with Crippen molar-refractivity contribution in [1.29, 1.82) is 0 Å². The van der Waals surface area contributed by atoms with E-state index in [1.807, 2.05) is 4.90 Å². The summed E-state index contributed by atoms with van der Waals surface area (Å²) in [7, 11) is 0. The van der Waals surface area contributed by atoms with E-state index in [2.05, 4.69) is 5.32 Å². The second-order valence-corrected chi connectivity index (χ2v) is 4.42. The molecule has 2 fully saturated rings. The third-order valence-electron chi connectivity index (χ3n) is 3.04. The molecular weight excluding hydrogens is 196 g/mol. The molecule has 0 aromatic carbocycles. The van der Waals surface area contributed by atoms with Gasteiger partial charge in [0.25, 0.3) is 0 Å². The first-order chi connectivity index (χ1) is 6.79. The molecule has 2 rings (SSSR count). The summed E-state index contributed by atoms with van der Waals surface area (Å²) < 4.78 is 0. The maximum absolute atomic E-state index is 11.7. The highest BCUT2D eigenvalue weighted by molar-refractivity contribution is 7.80. The summed E-state index contributed by atoms with van der Waals surface area (Å²) in [4.78, 5) is 13.5. The zero-order valence-corrected chi connectivity index (χ0v) is 9.11. The zero-order chi connectivity index (χ0) is 9.97. The van der Waals surface area contributed by atoms with Crippen LogP contribution in [-0.2, 0) is 4.79 Å². The van der Waals surface area contributed by atoms with Gasteiger partial charge in [0.1, 0.15) is 0 Å². The summed E-state index contributed by atoms with van der Waals surface area (Å²) in [5, 5.41) is 3.74. The lowest BCUT2D eigenvalue weighted by Gasteiger charge is -2.37. The minimum absolute atomic E-state index is 0.209. The summed E-state index contributed by atoms with van der Waals surface area (Å²) in [5.74, 6) is 0.209. The number of carbonyl (C=O) groups is 1. The van der Waals surface area contributed by atoms with Gasteiger partial charge in [-0.2, -0.15) is 0 Å². The van der Waals surface area contributed by atoms with Crippen molar-refractivity contribution < 1.29 is 4.79 Å². The highest BCUT2D eigenvalue weighted by Crippen LogP contribution is 2.24. The fourth-order valence-electron chi connectivity index (χ4n) is 2.30. The number of thiocarbonyl (C=S) groups is 1. The molecule has 0 aromatic heterocycles. The Kier molecular flexibility index (Phi) is 3.01. The summed E-state index contributed by atoms with van der Waals surface area (Å²) in [6.07, 6.45) is 6.60. The Labute approximate surface area is 89.8 Å². The van der Waals surface area contributed by atoms with Crippen molar-refractivity contribution in [2.45, 2.75) is 44.6 Å². The van der Waals surface area contributed by atoms with Gasteiger partial charge in [-0.05, 0) is 25.1 Å². The Hall–Kier alpha value is -0.640. The van der Waals surface area contributed by atoms with Gasteiger partial charge in [0.2, 0.25) is 5.91 Å². The summed E-state index contributed by atoms with van der Waals surface area (Å²) in [5.41, 5.74) is 0. The first-order valence-corrected chi connectivity index (χ1v) is 5.80. The second-order valence-electron chi connectivity index (χ2n) is 4.04. The Bertz CT molecular complexity index is 233. The number of hydrogen-bond acceptors (Lipinski definition) is 2. The summed E-state index contributed by atoms with van der Waals surface area (Å²) in [6, 6.07) is 0.372. The van der Waals surface area contributed by atoms with E-state index in [1.165, 1.54) is 19.3 Å². The van der Waals surface area contributed by atoms with E-state index >= 15 is 0 Å². The third kappa shape index (κ3) is 1.90. The molecule has 78 valence electrons. The van der Waals surface area contributed by atoms with Crippen molar-refractivity contribution in [2.75, 3.05) is 6.54 Å². The molecule has 14 heavy (non-hydrogen) atoms. The largest absolute Gasteiger partial charge is 0.362 e. The van der Waals surface area contributed by atoms with Crippen LogP contribution in [0.5, 0.6) is 0 Å². The lowest BCUT2D eigenvalue weighted by molar-refractivity contribution is -0.130. The van der Waals surface area contributed by atoms with E-state index in [1.54, 1.807) is 0 Å². The van der Waals surface area contributed by atoms with E-state index in [-0.39, 0.29) is 5.91 Å². The van der Waals surface area contributed by atoms with Crippen LogP contribution >= 0.6 is 12.2 Å². The maximum Gasteiger partial charge on any atom is 0.230 e. The summed E-state index contributed by atoms with van der Waals surface area (Å²) in [6.45, 7) is 0.709. The number of nitrogens with zero attached hydrogens (tertiary/aromatic N) is 1. The molecule has 1 heterocycles. The van der Waals surface area contributed by atoms with Crippen molar-refractivity contribution in [3.63, 3.8) is 0 Å². The van der Waals surface area contributed by atoms with Gasteiger partial charge in [0.15, 0.2) is 5.11 Å². The predicted molar refractivity (Wildman–Crippen MR) is 58.9 cm³/mol. The fraction of sp³-hybridized carbons (Fsp3) is 0.800. The van der Waals surface area contributed by atoms with E-state index in [0.29, 0.717) is 24.1 Å². The molecule has 2 aliphatic rings. The lowest BCUT2D eigenvalue weighted by Crippen LogP contribution is -2.54. The monoisotopic (exact) mass is 212 g/mol. The van der Waals surface area contributed by atoms with E-state index in [0.717, 1.165) is 12.8 Å². The highest BCUT2D eigenvalue weighted by atomic mass is 32.1. The number of carbonyl (C=O) groups excluding carboxylic acids is 1. The molecule has 0 unspecified atom stereocenters. The van der Waals surface area contributed by atoms with Gasteiger partial charge in [0.05, 0.1) is 0 Å². The fourth-order valence-corrected chi connectivity index (χ4v) is 2.66. The average Bonchev–Trinajstić information content (AvgIpc) is 2.19. The van der Waals surface area contributed by atoms with Crippen LogP contribution in [0.15, 0.2) is 0 Å². The first kappa shape index (κ1) is 9.90. The first-order valence-electron chi connectivity index (χ1n) is 5.39. The number of amides is 1. The Morgan fingerprint density at radius 1 is 1.29 bits per heavy atom. The van der Waals surface area contributed by atoms with Gasteiger partial charge >= 0.3 is 0 Å². The van der Waals surface area contributed by atoms with Crippen LogP contribution in [0.2, 0.25) is 0 Å². The number of hydrogen-bond donors (Lipinski definition) is 1. The average molecular weight is 212 g/mol. The summed E-state index contributed by atoms with van der Waals surface area (Å²) >= 11 is 5.18. The molecule has 1 aliphatic carbocycles. The molecule has 1 amide bonds. The van der Waals surface area contributed by atoms with E-state index < -0.39 is 0 Å². The van der Waals surface area contributed by atoms with Gasteiger partial charge < -0.3 is 5.32 Å². The SMILES string of the molecule is O=C1CCNC(=S)N1C1CCCCC1. The highest BCUT2D eigenvalue weighted by Gasteiger charge is 2.30. The van der Waals surface area contributed by atoms with Crippen LogP contribution < -0.4 is 5.32 Å². The van der Waals surface area contributed by atoms with E-state index in [9.17, 15) is 4.79 Å². The minimum atomic E-state index is 0.209. The van der Waals surface area contributed by atoms with Crippen molar-refractivity contribution in [1.82, 2.24) is 10.2 Å². The molecule has 3 nitrogen and oxygen atoms in total. The minimum Gasteiger partial charge on any atom is -0.362 e. The smallest absolute Gasteiger partial charge is 0.230 e. The molecule has 1 saturated heterocycles. The standard InChI is InChI=1S/C10H16N2OS/c13-9-6-7-11-10(14)12(9)8-4-2-1-3-5-8/h8H,1-7H2,(H,11,14). The van der Waals surface area contributed by atoms with Gasteiger partial charge in [-0.3, -0.25) is 9.69 Å². The molecule has 1 N–H and O–H groups in total. The molecule has 1 aliphatic heterocycles. The van der Waals surface area contributed by atoms with Crippen LogP contribution in [0.1, 0.15) is 38.5 Å². The van der Waals surface area contributed by atoms with Crippen molar-refractivity contribution >= 4 is 23.2 Å². The number of nitrogens with one attached hydrogen (secondary N) is 1. The molecule has 4 heteroatoms. The predicted octanol–water partition coefficient (Wildman–Crippen LogP) is 1.43. The Morgan fingerprint density at radius 3 is 2.64 bits per heavy atom. The van der Waals surface area contributed by atoms with Gasteiger partial charge in [-0.15, -0.1) is 0 Å². The Balaban J connectivity index is 2.05. The lowest BCUT2D eigenvalue weighted by atomic mass is 9.94. The topological polar surface area (TPSA) is 32.3 Å². The molecular formula is C10H16N2OS. The molecule has 0 spiro atoms. The third-order valence-corrected chi connectivity index (χ3v) is 3.38. The van der Waals surface area contributed by atoms with Crippen molar-refractivity contribution in [3.8, 4) is 0 Å². The van der Waals surface area contributed by atoms with Gasteiger partial charge in [0, 0.05) is 19.0 Å². The van der Waals surface area contributed by atoms with Crippen LogP contribution in [0.25, 0.3) is 0 Å². The normalized spacial score (nSPS) is 25.0.